The van der Waals surface area contributed by atoms with Gasteiger partial charge in [-0.25, -0.2) is 8.42 Å². The molecule has 2 rings (SSSR count). The fourth-order valence-electron chi connectivity index (χ4n) is 2.13. The van der Waals surface area contributed by atoms with Gasteiger partial charge in [-0.15, -0.1) is 11.3 Å². The second-order valence-corrected chi connectivity index (χ2v) is 8.21. The van der Waals surface area contributed by atoms with Crippen LogP contribution in [0.5, 0.6) is 0 Å². The third kappa shape index (κ3) is 4.28. The minimum atomic E-state index is -3.01. The van der Waals surface area contributed by atoms with E-state index >= 15 is 0 Å². The molecular weight excluding hydrogens is 312 g/mol. The van der Waals surface area contributed by atoms with E-state index in [2.05, 4.69) is 5.16 Å². The van der Waals surface area contributed by atoms with Gasteiger partial charge in [-0.05, 0) is 24.8 Å². The molecule has 1 aromatic rings. The van der Waals surface area contributed by atoms with E-state index in [0.29, 0.717) is 6.42 Å². The van der Waals surface area contributed by atoms with Crippen molar-refractivity contribution in [3.63, 3.8) is 0 Å². The van der Waals surface area contributed by atoms with Gasteiger partial charge in [-0.3, -0.25) is 4.79 Å². The Hall–Kier alpha value is -1.41. The Morgan fingerprint density at radius 3 is 2.95 bits per heavy atom. The number of hydrogen-bond donors (Lipinski definition) is 0. The maximum absolute atomic E-state index is 12.2. The minimum absolute atomic E-state index is 0.0282. The van der Waals surface area contributed by atoms with Gasteiger partial charge in [0.05, 0.1) is 17.7 Å². The van der Waals surface area contributed by atoms with E-state index in [1.165, 1.54) is 16.2 Å². The van der Waals surface area contributed by atoms with Gasteiger partial charge in [0.1, 0.15) is 0 Å². The average molecular weight is 330 g/mol. The van der Waals surface area contributed by atoms with Crippen LogP contribution in [-0.2, 0) is 19.5 Å². The van der Waals surface area contributed by atoms with E-state index in [1.54, 1.807) is 20.2 Å². The minimum Gasteiger partial charge on any atom is -0.383 e. The first-order valence-electron chi connectivity index (χ1n) is 6.59. The number of nitrogens with zero attached hydrogens (tertiary/aromatic N) is 2. The van der Waals surface area contributed by atoms with E-state index in [1.807, 2.05) is 17.5 Å². The molecule has 2 atom stereocenters. The van der Waals surface area contributed by atoms with Crippen LogP contribution >= 0.6 is 11.3 Å². The molecule has 0 aliphatic carbocycles. The molecular formula is C13H18N2O4S2. The lowest BCUT2D eigenvalue weighted by Gasteiger charge is -2.25. The number of carbonyl (C=O) groups excluding carboxylic acids is 1. The van der Waals surface area contributed by atoms with Gasteiger partial charge in [0.15, 0.2) is 9.84 Å². The monoisotopic (exact) mass is 330 g/mol. The smallest absolute Gasteiger partial charge is 0.266 e. The van der Waals surface area contributed by atoms with Crippen LogP contribution in [0.2, 0.25) is 0 Å². The number of likely N-dealkylation sites (N-methyl/N-ethyl adjacent to an activating group) is 1. The zero-order valence-corrected chi connectivity index (χ0v) is 13.6. The maximum atomic E-state index is 12.2. The summed E-state index contributed by atoms with van der Waals surface area (Å²) in [6, 6.07) is 3.52. The molecule has 1 aliphatic rings. The van der Waals surface area contributed by atoms with E-state index < -0.39 is 15.9 Å². The number of carbonyl (C=O) groups is 1. The van der Waals surface area contributed by atoms with Crippen LogP contribution < -0.4 is 0 Å². The van der Waals surface area contributed by atoms with Crippen molar-refractivity contribution in [3.8, 4) is 0 Å². The molecule has 1 aliphatic heterocycles. The van der Waals surface area contributed by atoms with Crippen LogP contribution in [0.15, 0.2) is 22.7 Å². The maximum Gasteiger partial charge on any atom is 0.266 e. The van der Waals surface area contributed by atoms with E-state index in [0.717, 1.165) is 4.88 Å². The molecule has 1 aromatic heterocycles. The Balaban J connectivity index is 1.87. The predicted octanol–water partition coefficient (Wildman–Crippen LogP) is 1.13. The molecule has 0 bridgehead atoms. The quantitative estimate of drug-likeness (QED) is 0.599. The number of amides is 1. The van der Waals surface area contributed by atoms with E-state index in [4.69, 9.17) is 4.84 Å². The number of rotatable bonds is 5. The lowest BCUT2D eigenvalue weighted by atomic mass is 10.2. The molecule has 2 heterocycles. The van der Waals surface area contributed by atoms with Gasteiger partial charge in [-0.2, -0.15) is 0 Å². The molecule has 116 valence electrons. The molecule has 0 aromatic carbocycles. The highest BCUT2D eigenvalue weighted by Crippen LogP contribution is 2.17. The first-order valence-corrected chi connectivity index (χ1v) is 9.29. The van der Waals surface area contributed by atoms with Crippen molar-refractivity contribution in [2.75, 3.05) is 18.6 Å². The Morgan fingerprint density at radius 2 is 2.38 bits per heavy atom. The van der Waals surface area contributed by atoms with Gasteiger partial charge in [-0.1, -0.05) is 11.2 Å². The predicted molar refractivity (Wildman–Crippen MR) is 82.3 cm³/mol. The first kappa shape index (κ1) is 16.0. The van der Waals surface area contributed by atoms with Crippen LogP contribution in [0.1, 0.15) is 18.2 Å². The highest BCUT2D eigenvalue weighted by molar-refractivity contribution is 7.91. The van der Waals surface area contributed by atoms with Crippen molar-refractivity contribution in [2.24, 2.45) is 5.16 Å². The summed E-state index contributed by atoms with van der Waals surface area (Å²) >= 11 is 1.52. The largest absolute Gasteiger partial charge is 0.383 e. The van der Waals surface area contributed by atoms with E-state index in [-0.39, 0.29) is 23.5 Å². The van der Waals surface area contributed by atoms with Crippen molar-refractivity contribution >= 4 is 33.3 Å². The Labute approximate surface area is 128 Å². The van der Waals surface area contributed by atoms with Gasteiger partial charge < -0.3 is 9.74 Å². The van der Waals surface area contributed by atoms with Crippen LogP contribution in [0.4, 0.5) is 0 Å². The molecule has 0 spiro atoms. The molecule has 6 nitrogen and oxygen atoms in total. The third-order valence-corrected chi connectivity index (χ3v) is 5.95. The summed E-state index contributed by atoms with van der Waals surface area (Å²) in [7, 11) is -1.40. The normalized spacial score (nSPS) is 22.3. The average Bonchev–Trinajstić information content (AvgIpc) is 3.06. The summed E-state index contributed by atoms with van der Waals surface area (Å²) < 4.78 is 22.9. The van der Waals surface area contributed by atoms with Gasteiger partial charge in [0, 0.05) is 18.0 Å². The summed E-state index contributed by atoms with van der Waals surface area (Å²) in [6.07, 6.45) is 1.29. The topological polar surface area (TPSA) is 76.0 Å². The lowest BCUT2D eigenvalue weighted by molar-refractivity contribution is -0.142. The Morgan fingerprint density at radius 1 is 1.62 bits per heavy atom. The SMILES string of the molecule is CC(O/N=C/c1cccs1)C(=O)N(C)C1CCS(=O)(=O)C1. The highest BCUT2D eigenvalue weighted by atomic mass is 32.2. The number of hydrogen-bond acceptors (Lipinski definition) is 6. The van der Waals surface area contributed by atoms with Gasteiger partial charge >= 0.3 is 0 Å². The second-order valence-electron chi connectivity index (χ2n) is 5.00. The number of oxime groups is 1. The van der Waals surface area contributed by atoms with Crippen molar-refractivity contribution in [1.29, 1.82) is 0 Å². The summed E-state index contributed by atoms with van der Waals surface area (Å²) in [5.74, 6) is -0.0954. The van der Waals surface area contributed by atoms with Crippen LogP contribution in [-0.4, -0.2) is 56.1 Å². The molecule has 0 N–H and O–H groups in total. The van der Waals surface area contributed by atoms with E-state index in [9.17, 15) is 13.2 Å². The Kier molecular flexibility index (Phi) is 5.00. The van der Waals surface area contributed by atoms with Crippen molar-refractivity contribution in [2.45, 2.75) is 25.5 Å². The molecule has 0 radical (unpaired) electrons. The number of thiophene rings is 1. The second kappa shape index (κ2) is 6.57. The van der Waals surface area contributed by atoms with Crippen molar-refractivity contribution < 1.29 is 18.0 Å². The standard InChI is InChI=1S/C13H18N2O4S2/c1-10(19-14-8-12-4-3-6-20-12)13(16)15(2)11-5-7-21(17,18)9-11/h3-4,6,8,10-11H,5,7,9H2,1-2H3/b14-8+. The molecule has 1 saturated heterocycles. The van der Waals surface area contributed by atoms with Gasteiger partial charge in [0.25, 0.3) is 5.91 Å². The highest BCUT2D eigenvalue weighted by Gasteiger charge is 2.34. The third-order valence-electron chi connectivity index (χ3n) is 3.39. The summed E-state index contributed by atoms with van der Waals surface area (Å²) in [5, 5.41) is 5.71. The zero-order valence-electron chi connectivity index (χ0n) is 11.9. The molecule has 1 fully saturated rings. The molecule has 2 unspecified atom stereocenters. The zero-order chi connectivity index (χ0) is 15.5. The number of sulfone groups is 1. The van der Waals surface area contributed by atoms with Crippen LogP contribution in [0.3, 0.4) is 0 Å². The first-order chi connectivity index (χ1) is 9.89. The van der Waals surface area contributed by atoms with Crippen molar-refractivity contribution in [3.05, 3.63) is 22.4 Å². The lowest BCUT2D eigenvalue weighted by Crippen LogP contribution is -2.43. The summed E-state index contributed by atoms with van der Waals surface area (Å²) in [4.78, 5) is 19.7. The van der Waals surface area contributed by atoms with Crippen LogP contribution in [0.25, 0.3) is 0 Å². The molecule has 1 amide bonds. The van der Waals surface area contributed by atoms with Gasteiger partial charge in [0.2, 0.25) is 6.10 Å². The molecule has 8 heteroatoms. The van der Waals surface area contributed by atoms with Crippen molar-refractivity contribution in [1.82, 2.24) is 4.90 Å². The summed E-state index contributed by atoms with van der Waals surface area (Å²) in [5.41, 5.74) is 0. The Bertz CT molecular complexity index is 610. The summed E-state index contributed by atoms with van der Waals surface area (Å²) in [6.45, 7) is 1.61. The molecule has 0 saturated carbocycles. The fourth-order valence-corrected chi connectivity index (χ4v) is 4.48. The van der Waals surface area contributed by atoms with Crippen LogP contribution in [0, 0.1) is 0 Å². The molecule has 21 heavy (non-hydrogen) atoms. The fraction of sp³-hybridized carbons (Fsp3) is 0.538.